The van der Waals surface area contributed by atoms with E-state index in [1.807, 2.05) is 13.1 Å². The van der Waals surface area contributed by atoms with E-state index < -0.39 is 0 Å². The van der Waals surface area contributed by atoms with Crippen LogP contribution in [0.15, 0.2) is 42.6 Å². The van der Waals surface area contributed by atoms with E-state index in [4.69, 9.17) is 4.74 Å². The molecule has 1 aliphatic carbocycles. The van der Waals surface area contributed by atoms with Crippen molar-refractivity contribution in [1.29, 1.82) is 0 Å². The first-order chi connectivity index (χ1) is 14.9. The summed E-state index contributed by atoms with van der Waals surface area (Å²) in [7, 11) is 0. The van der Waals surface area contributed by atoms with E-state index in [2.05, 4.69) is 63.6 Å². The van der Waals surface area contributed by atoms with Crippen molar-refractivity contribution in [1.82, 2.24) is 19.9 Å². The molecule has 0 radical (unpaired) electrons. The minimum atomic E-state index is -0.216. The van der Waals surface area contributed by atoms with Gasteiger partial charge >= 0.3 is 0 Å². The second-order valence-electron chi connectivity index (χ2n) is 9.76. The number of rotatable bonds is 4. The number of carbonyl (C=O) groups excluding carboxylic acids is 1. The fourth-order valence-electron chi connectivity index (χ4n) is 5.42. The topological polar surface area (TPSA) is 71.8 Å². The molecule has 1 atom stereocenters. The third kappa shape index (κ3) is 3.02. The largest absolute Gasteiger partial charge is 0.376 e. The van der Waals surface area contributed by atoms with Crippen LogP contribution in [0.3, 0.4) is 0 Å². The zero-order valence-electron chi connectivity index (χ0n) is 18.0. The van der Waals surface area contributed by atoms with Crippen LogP contribution < -0.4 is 10.2 Å². The van der Waals surface area contributed by atoms with Gasteiger partial charge in [-0.1, -0.05) is 37.3 Å². The molecule has 7 rings (SSSR count). The number of nitrogens with zero attached hydrogens (tertiary/aromatic N) is 4. The molecule has 7 heteroatoms. The maximum atomic E-state index is 12.8. The summed E-state index contributed by atoms with van der Waals surface area (Å²) in [6.07, 6.45) is 5.19. The van der Waals surface area contributed by atoms with E-state index in [1.165, 1.54) is 5.56 Å². The van der Waals surface area contributed by atoms with Crippen molar-refractivity contribution in [3.63, 3.8) is 0 Å². The maximum Gasteiger partial charge on any atom is 0.291 e. The van der Waals surface area contributed by atoms with Gasteiger partial charge < -0.3 is 15.0 Å². The summed E-state index contributed by atoms with van der Waals surface area (Å²) in [5.74, 6) is 0.00643. The lowest BCUT2D eigenvalue weighted by Gasteiger charge is -2.35. The third-order valence-electron chi connectivity index (χ3n) is 7.33. The number of amides is 1. The van der Waals surface area contributed by atoms with E-state index in [0.29, 0.717) is 12.7 Å². The van der Waals surface area contributed by atoms with Gasteiger partial charge in [0, 0.05) is 18.5 Å². The van der Waals surface area contributed by atoms with Crippen LogP contribution in [0.5, 0.6) is 0 Å². The Hall–Kier alpha value is -2.93. The molecule has 0 spiro atoms. The number of hydrogen-bond acceptors (Lipinski definition) is 5. The molecule has 1 N–H and O–H groups in total. The minimum absolute atomic E-state index is 0.126. The van der Waals surface area contributed by atoms with E-state index in [-0.39, 0.29) is 22.7 Å². The SMILES string of the molecule is Cc1cc(N2CC[C@](C)(c3ccccc3)C2)cn2nc(C(=O)NC34COC(C3)C4)nc12. The lowest BCUT2D eigenvalue weighted by Crippen LogP contribution is -2.55. The number of ether oxygens (including phenoxy) is 1. The first-order valence-corrected chi connectivity index (χ1v) is 11.0. The second-order valence-corrected chi connectivity index (χ2v) is 9.76. The van der Waals surface area contributed by atoms with Gasteiger partial charge in [-0.2, -0.15) is 0 Å². The number of hydrogen-bond donors (Lipinski definition) is 1. The van der Waals surface area contributed by atoms with E-state index >= 15 is 0 Å². The molecular formula is C24H27N5O2. The molecule has 3 saturated heterocycles. The molecule has 2 bridgehead atoms. The minimum Gasteiger partial charge on any atom is -0.376 e. The number of anilines is 1. The molecule has 160 valence electrons. The van der Waals surface area contributed by atoms with Crippen LogP contribution in [0, 0.1) is 6.92 Å². The first-order valence-electron chi connectivity index (χ1n) is 11.0. The van der Waals surface area contributed by atoms with Crippen molar-refractivity contribution in [2.24, 2.45) is 0 Å². The van der Waals surface area contributed by atoms with Crippen LogP contribution in [0.2, 0.25) is 0 Å². The standard InChI is InChI=1S/C24H27N5O2/c1-16-10-18(28-9-8-23(2,14-28)17-6-4-3-5-7-17)13-29-21(16)25-20(27-29)22(30)26-24-11-19(12-24)31-15-24/h3-7,10,13,19H,8-9,11-12,14-15H2,1-2H3,(H,26,30)/t19?,23-,24?/m0/s1. The number of benzene rings is 1. The highest BCUT2D eigenvalue weighted by Gasteiger charge is 2.53. The Morgan fingerprint density at radius 3 is 2.81 bits per heavy atom. The third-order valence-corrected chi connectivity index (χ3v) is 7.33. The van der Waals surface area contributed by atoms with Crippen molar-refractivity contribution in [3.05, 3.63) is 59.5 Å². The predicted octanol–water partition coefficient (Wildman–Crippen LogP) is 2.87. The average Bonchev–Trinajstić information content (AvgIpc) is 3.51. The molecule has 1 saturated carbocycles. The zero-order valence-corrected chi connectivity index (χ0v) is 18.0. The fraction of sp³-hybridized carbons (Fsp3) is 0.458. The zero-order chi connectivity index (χ0) is 21.2. The molecule has 3 aromatic rings. The molecule has 1 aromatic carbocycles. The van der Waals surface area contributed by atoms with Crippen LogP contribution in [0.1, 0.15) is 47.9 Å². The van der Waals surface area contributed by atoms with Crippen molar-refractivity contribution >= 4 is 17.2 Å². The van der Waals surface area contributed by atoms with Gasteiger partial charge in [0.1, 0.15) is 0 Å². The predicted molar refractivity (Wildman–Crippen MR) is 118 cm³/mol. The Kier molecular flexibility index (Phi) is 3.96. The summed E-state index contributed by atoms with van der Waals surface area (Å²) in [6, 6.07) is 12.9. The molecule has 3 aliphatic heterocycles. The summed E-state index contributed by atoms with van der Waals surface area (Å²) >= 11 is 0. The quantitative estimate of drug-likeness (QED) is 0.707. The monoisotopic (exact) mass is 417 g/mol. The number of aryl methyl sites for hydroxylation is 1. The van der Waals surface area contributed by atoms with Crippen LogP contribution in [0.25, 0.3) is 5.65 Å². The Labute approximate surface area is 181 Å². The number of fused-ring (bicyclic) bond motifs is 2. The molecule has 4 fully saturated rings. The Morgan fingerprint density at radius 2 is 2.06 bits per heavy atom. The highest BCUT2D eigenvalue weighted by Crippen LogP contribution is 2.42. The van der Waals surface area contributed by atoms with Crippen LogP contribution >= 0.6 is 0 Å². The molecular weight excluding hydrogens is 390 g/mol. The normalized spacial score (nSPS) is 29.4. The van der Waals surface area contributed by atoms with Crippen molar-refractivity contribution in [3.8, 4) is 0 Å². The summed E-state index contributed by atoms with van der Waals surface area (Å²) in [5.41, 5.74) is 4.15. The van der Waals surface area contributed by atoms with E-state index in [0.717, 1.165) is 49.2 Å². The molecule has 5 heterocycles. The fourth-order valence-corrected chi connectivity index (χ4v) is 5.42. The van der Waals surface area contributed by atoms with Crippen molar-refractivity contribution in [2.75, 3.05) is 24.6 Å². The molecule has 0 unspecified atom stereocenters. The van der Waals surface area contributed by atoms with Crippen molar-refractivity contribution < 1.29 is 9.53 Å². The van der Waals surface area contributed by atoms with Gasteiger partial charge in [0.25, 0.3) is 5.91 Å². The van der Waals surface area contributed by atoms with Gasteiger partial charge in [-0.3, -0.25) is 4.79 Å². The van der Waals surface area contributed by atoms with Gasteiger partial charge in [-0.25, -0.2) is 9.50 Å². The number of carbonyl (C=O) groups is 1. The summed E-state index contributed by atoms with van der Waals surface area (Å²) in [4.78, 5) is 19.7. The first kappa shape index (κ1) is 18.8. The molecule has 4 aliphatic rings. The Morgan fingerprint density at radius 1 is 1.26 bits per heavy atom. The van der Waals surface area contributed by atoms with Gasteiger partial charge in [-0.05, 0) is 43.4 Å². The van der Waals surface area contributed by atoms with Crippen molar-refractivity contribution in [2.45, 2.75) is 50.2 Å². The summed E-state index contributed by atoms with van der Waals surface area (Å²) in [5, 5.41) is 7.62. The van der Waals surface area contributed by atoms with Gasteiger partial charge in [0.2, 0.25) is 5.82 Å². The lowest BCUT2D eigenvalue weighted by molar-refractivity contribution is 0.0844. The van der Waals surface area contributed by atoms with Crippen LogP contribution in [0.4, 0.5) is 5.69 Å². The highest BCUT2D eigenvalue weighted by molar-refractivity contribution is 5.91. The Balaban J connectivity index is 1.25. The number of pyridine rings is 1. The summed E-state index contributed by atoms with van der Waals surface area (Å²) < 4.78 is 7.35. The van der Waals surface area contributed by atoms with Gasteiger partial charge in [0.15, 0.2) is 5.65 Å². The maximum absolute atomic E-state index is 12.8. The van der Waals surface area contributed by atoms with Crippen LogP contribution in [-0.4, -0.2) is 51.8 Å². The van der Waals surface area contributed by atoms with Crippen LogP contribution in [-0.2, 0) is 10.2 Å². The summed E-state index contributed by atoms with van der Waals surface area (Å²) in [6.45, 7) is 6.90. The van der Waals surface area contributed by atoms with E-state index in [9.17, 15) is 4.79 Å². The highest BCUT2D eigenvalue weighted by atomic mass is 16.5. The van der Waals surface area contributed by atoms with E-state index in [1.54, 1.807) is 4.52 Å². The molecule has 1 amide bonds. The van der Waals surface area contributed by atoms with Gasteiger partial charge in [-0.15, -0.1) is 5.10 Å². The second kappa shape index (κ2) is 6.53. The number of aromatic nitrogens is 3. The smallest absolute Gasteiger partial charge is 0.291 e. The molecule has 2 aromatic heterocycles. The van der Waals surface area contributed by atoms with Gasteiger partial charge in [0.05, 0.1) is 30.1 Å². The lowest BCUT2D eigenvalue weighted by atomic mass is 9.78. The number of nitrogens with one attached hydrogen (secondary N) is 1. The molecule has 31 heavy (non-hydrogen) atoms. The molecule has 7 nitrogen and oxygen atoms in total. The Bertz CT molecular complexity index is 1160. The average molecular weight is 418 g/mol.